The Labute approximate surface area is 106 Å². The first-order valence-corrected chi connectivity index (χ1v) is 6.31. The van der Waals surface area contributed by atoms with E-state index in [2.05, 4.69) is 15.9 Å². The highest BCUT2D eigenvalue weighted by atomic mass is 79.9. The van der Waals surface area contributed by atoms with Crippen molar-refractivity contribution < 1.29 is 9.53 Å². The molecule has 0 N–H and O–H groups in total. The predicted molar refractivity (Wildman–Crippen MR) is 68.4 cm³/mol. The topological polar surface area (TPSA) is 26.3 Å². The summed E-state index contributed by atoms with van der Waals surface area (Å²) in [5.74, 6) is 0.756. The number of carbonyl (C=O) groups excluding carboxylic acids is 1. The molecule has 2 aromatic rings. The molecule has 0 fully saturated rings. The van der Waals surface area contributed by atoms with E-state index in [-0.39, 0.29) is 5.78 Å². The summed E-state index contributed by atoms with van der Waals surface area (Å²) in [5.41, 5.74) is 0.688. The molecule has 0 amide bonds. The maximum absolute atomic E-state index is 12.0. The quantitative estimate of drug-likeness (QED) is 0.807. The molecule has 82 valence electrons. The Balaban J connectivity index is 2.28. The highest BCUT2D eigenvalue weighted by molar-refractivity contribution is 9.10. The van der Waals surface area contributed by atoms with E-state index in [1.54, 1.807) is 25.3 Å². The molecule has 4 heteroatoms. The van der Waals surface area contributed by atoms with Gasteiger partial charge in [0.15, 0.2) is 0 Å². The van der Waals surface area contributed by atoms with Crippen LogP contribution in [0.25, 0.3) is 0 Å². The molecule has 0 unspecified atom stereocenters. The predicted octanol–water partition coefficient (Wildman–Crippen LogP) is 3.75. The second kappa shape index (κ2) is 4.80. The average Bonchev–Trinajstić information content (AvgIpc) is 2.77. The Morgan fingerprint density at radius 1 is 1.31 bits per heavy atom. The maximum Gasteiger partial charge on any atom is 0.203 e. The third-order valence-electron chi connectivity index (χ3n) is 2.14. The lowest BCUT2D eigenvalue weighted by molar-refractivity contribution is 0.104. The van der Waals surface area contributed by atoms with Gasteiger partial charge < -0.3 is 4.74 Å². The van der Waals surface area contributed by atoms with Crippen LogP contribution in [0.15, 0.2) is 40.2 Å². The lowest BCUT2D eigenvalue weighted by Crippen LogP contribution is -1.97. The highest BCUT2D eigenvalue weighted by Gasteiger charge is 2.11. The standard InChI is InChI=1S/C12H9BrO2S/c1-15-10-6-11(16-7-10)12(14)8-2-4-9(13)5-3-8/h2-7H,1H3. The van der Waals surface area contributed by atoms with E-state index >= 15 is 0 Å². The van der Waals surface area contributed by atoms with E-state index in [0.717, 1.165) is 10.2 Å². The van der Waals surface area contributed by atoms with Crippen LogP contribution in [0.4, 0.5) is 0 Å². The number of ketones is 1. The maximum atomic E-state index is 12.0. The van der Waals surface area contributed by atoms with Crippen molar-refractivity contribution in [3.63, 3.8) is 0 Å². The van der Waals surface area contributed by atoms with Crippen molar-refractivity contribution >= 4 is 33.0 Å². The number of benzene rings is 1. The molecule has 2 rings (SSSR count). The molecule has 16 heavy (non-hydrogen) atoms. The van der Waals surface area contributed by atoms with Gasteiger partial charge in [-0.3, -0.25) is 4.79 Å². The zero-order valence-corrected chi connectivity index (χ0v) is 11.0. The molecule has 1 aromatic heterocycles. The van der Waals surface area contributed by atoms with Gasteiger partial charge in [-0.05, 0) is 24.3 Å². The summed E-state index contributed by atoms with van der Waals surface area (Å²) in [5, 5.41) is 1.83. The van der Waals surface area contributed by atoms with Crippen LogP contribution in [-0.4, -0.2) is 12.9 Å². The number of halogens is 1. The summed E-state index contributed by atoms with van der Waals surface area (Å²) in [6.45, 7) is 0. The number of carbonyl (C=O) groups is 1. The van der Waals surface area contributed by atoms with Gasteiger partial charge in [0.25, 0.3) is 0 Å². The lowest BCUT2D eigenvalue weighted by atomic mass is 10.1. The highest BCUT2D eigenvalue weighted by Crippen LogP contribution is 2.24. The van der Waals surface area contributed by atoms with Gasteiger partial charge in [-0.15, -0.1) is 11.3 Å². The number of rotatable bonds is 3. The summed E-state index contributed by atoms with van der Waals surface area (Å²) in [6, 6.07) is 9.09. The van der Waals surface area contributed by atoms with Crippen LogP contribution in [0.3, 0.4) is 0 Å². The molecule has 2 nitrogen and oxygen atoms in total. The average molecular weight is 297 g/mol. The first kappa shape index (κ1) is 11.4. The van der Waals surface area contributed by atoms with Gasteiger partial charge in [-0.2, -0.15) is 0 Å². The Morgan fingerprint density at radius 2 is 2.00 bits per heavy atom. The molecule has 0 bridgehead atoms. The summed E-state index contributed by atoms with van der Waals surface area (Å²) in [6.07, 6.45) is 0. The van der Waals surface area contributed by atoms with Crippen molar-refractivity contribution in [3.05, 3.63) is 50.6 Å². The van der Waals surface area contributed by atoms with Crippen LogP contribution >= 0.6 is 27.3 Å². The fraction of sp³-hybridized carbons (Fsp3) is 0.0833. The largest absolute Gasteiger partial charge is 0.496 e. The Bertz CT molecular complexity index is 502. The van der Waals surface area contributed by atoms with Crippen LogP contribution in [0.5, 0.6) is 5.75 Å². The Morgan fingerprint density at radius 3 is 2.56 bits per heavy atom. The van der Waals surface area contributed by atoms with Crippen LogP contribution in [0.2, 0.25) is 0 Å². The number of ether oxygens (including phenoxy) is 1. The van der Waals surface area contributed by atoms with Gasteiger partial charge in [-0.1, -0.05) is 15.9 Å². The second-order valence-electron chi connectivity index (χ2n) is 3.19. The van der Waals surface area contributed by atoms with Gasteiger partial charge in [-0.25, -0.2) is 0 Å². The number of methoxy groups -OCH3 is 1. The molecule has 0 aliphatic carbocycles. The third-order valence-corrected chi connectivity index (χ3v) is 3.58. The lowest BCUT2D eigenvalue weighted by Gasteiger charge is -1.97. The first-order valence-electron chi connectivity index (χ1n) is 4.63. The van der Waals surface area contributed by atoms with E-state index in [9.17, 15) is 4.79 Å². The Kier molecular flexibility index (Phi) is 3.41. The van der Waals surface area contributed by atoms with Crippen molar-refractivity contribution in [2.45, 2.75) is 0 Å². The van der Waals surface area contributed by atoms with E-state index < -0.39 is 0 Å². The molecule has 1 heterocycles. The van der Waals surface area contributed by atoms with Crippen LogP contribution < -0.4 is 4.74 Å². The summed E-state index contributed by atoms with van der Waals surface area (Å²) in [7, 11) is 1.59. The molecular formula is C12H9BrO2S. The van der Waals surface area contributed by atoms with E-state index in [4.69, 9.17) is 4.74 Å². The molecule has 0 atom stereocenters. The second-order valence-corrected chi connectivity index (χ2v) is 5.01. The van der Waals surface area contributed by atoms with E-state index in [1.165, 1.54) is 11.3 Å². The zero-order chi connectivity index (χ0) is 11.5. The van der Waals surface area contributed by atoms with Gasteiger partial charge in [0, 0.05) is 21.5 Å². The number of hydrogen-bond donors (Lipinski definition) is 0. The van der Waals surface area contributed by atoms with Gasteiger partial charge in [0.1, 0.15) is 5.75 Å². The summed E-state index contributed by atoms with van der Waals surface area (Å²) < 4.78 is 6.02. The monoisotopic (exact) mass is 296 g/mol. The van der Waals surface area contributed by atoms with Crippen LogP contribution in [-0.2, 0) is 0 Å². The van der Waals surface area contributed by atoms with E-state index in [0.29, 0.717) is 10.4 Å². The molecule has 0 radical (unpaired) electrons. The minimum absolute atomic E-state index is 0.0285. The van der Waals surface area contributed by atoms with Crippen LogP contribution in [0, 0.1) is 0 Å². The van der Waals surface area contributed by atoms with Gasteiger partial charge >= 0.3 is 0 Å². The van der Waals surface area contributed by atoms with Crippen molar-refractivity contribution in [3.8, 4) is 5.75 Å². The number of thiophene rings is 1. The molecule has 0 spiro atoms. The van der Waals surface area contributed by atoms with Crippen molar-refractivity contribution in [1.29, 1.82) is 0 Å². The van der Waals surface area contributed by atoms with E-state index in [1.807, 2.05) is 17.5 Å². The summed E-state index contributed by atoms with van der Waals surface area (Å²) >= 11 is 4.73. The SMILES string of the molecule is COc1csc(C(=O)c2ccc(Br)cc2)c1. The van der Waals surface area contributed by atoms with Crippen molar-refractivity contribution in [2.24, 2.45) is 0 Å². The molecule has 0 saturated carbocycles. The Hall–Kier alpha value is -1.13. The molecule has 0 aliphatic rings. The fourth-order valence-electron chi connectivity index (χ4n) is 1.29. The van der Waals surface area contributed by atoms with Gasteiger partial charge in [0.2, 0.25) is 5.78 Å². The van der Waals surface area contributed by atoms with Crippen molar-refractivity contribution in [2.75, 3.05) is 7.11 Å². The molecular weight excluding hydrogens is 288 g/mol. The van der Waals surface area contributed by atoms with Crippen LogP contribution in [0.1, 0.15) is 15.2 Å². The smallest absolute Gasteiger partial charge is 0.203 e. The first-order chi connectivity index (χ1) is 7.70. The third kappa shape index (κ3) is 2.33. The normalized spacial score (nSPS) is 10.1. The zero-order valence-electron chi connectivity index (χ0n) is 8.57. The number of hydrogen-bond acceptors (Lipinski definition) is 3. The minimum atomic E-state index is 0.0285. The minimum Gasteiger partial charge on any atom is -0.496 e. The molecule has 1 aromatic carbocycles. The fourth-order valence-corrected chi connectivity index (χ4v) is 2.37. The molecule has 0 saturated heterocycles. The molecule has 0 aliphatic heterocycles. The summed E-state index contributed by atoms with van der Waals surface area (Å²) in [4.78, 5) is 12.7. The van der Waals surface area contributed by atoms with Gasteiger partial charge in [0.05, 0.1) is 12.0 Å². The van der Waals surface area contributed by atoms with Crippen molar-refractivity contribution in [1.82, 2.24) is 0 Å².